The second-order valence-electron chi connectivity index (χ2n) is 5.80. The molecule has 0 spiro atoms. The largest absolute Gasteiger partial charge is 0.481 e. The summed E-state index contributed by atoms with van der Waals surface area (Å²) in [6.45, 7) is 6.67. The second-order valence-corrected chi connectivity index (χ2v) is 8.93. The van der Waals surface area contributed by atoms with E-state index in [1.165, 1.54) is 6.08 Å². The van der Waals surface area contributed by atoms with Gasteiger partial charge in [0.25, 0.3) is 0 Å². The van der Waals surface area contributed by atoms with E-state index in [0.717, 1.165) is 12.2 Å². The molecule has 0 atom stereocenters. The Morgan fingerprint density at radius 2 is 1.79 bits per heavy atom. The maximum atomic E-state index is 11.6. The molecular weight excluding hydrogens is 348 g/mol. The van der Waals surface area contributed by atoms with Gasteiger partial charge in [-0.05, 0) is 39.7 Å². The molecule has 0 saturated carbocycles. The molecule has 0 aromatic heterocycles. The Balaban J connectivity index is 3.61. The van der Waals surface area contributed by atoms with E-state index in [1.54, 1.807) is 34.6 Å². The predicted octanol–water partition coefficient (Wildman–Crippen LogP) is 2.60. The van der Waals surface area contributed by atoms with Crippen LogP contribution in [0.2, 0.25) is 0 Å². The first-order chi connectivity index (χ1) is 11.3. The van der Waals surface area contributed by atoms with E-state index < -0.39 is 5.97 Å². The van der Waals surface area contributed by atoms with Crippen molar-refractivity contribution in [1.29, 1.82) is 0 Å². The number of nitrogens with one attached hydrogen (secondary N) is 2. The van der Waals surface area contributed by atoms with Gasteiger partial charge in [-0.3, -0.25) is 14.4 Å². The van der Waals surface area contributed by atoms with Crippen molar-refractivity contribution >= 4 is 39.4 Å². The van der Waals surface area contributed by atoms with E-state index in [2.05, 4.69) is 10.6 Å². The molecule has 3 N–H and O–H groups in total. The predicted molar refractivity (Wildman–Crippen MR) is 101 cm³/mol. The van der Waals surface area contributed by atoms with Gasteiger partial charge in [-0.1, -0.05) is 27.7 Å². The Labute approximate surface area is 152 Å². The second kappa shape index (κ2) is 13.2. The third-order valence-electron chi connectivity index (χ3n) is 2.92. The van der Waals surface area contributed by atoms with Crippen molar-refractivity contribution in [1.82, 2.24) is 10.6 Å². The van der Waals surface area contributed by atoms with Crippen LogP contribution < -0.4 is 10.6 Å². The van der Waals surface area contributed by atoms with Crippen molar-refractivity contribution in [2.75, 3.05) is 18.8 Å². The Hall–Kier alpha value is -1.15. The van der Waals surface area contributed by atoms with Crippen LogP contribution >= 0.6 is 21.6 Å². The van der Waals surface area contributed by atoms with E-state index in [-0.39, 0.29) is 23.0 Å². The molecule has 24 heavy (non-hydrogen) atoms. The fourth-order valence-electron chi connectivity index (χ4n) is 1.63. The van der Waals surface area contributed by atoms with Gasteiger partial charge < -0.3 is 15.7 Å². The lowest BCUT2D eigenvalue weighted by Gasteiger charge is -2.22. The van der Waals surface area contributed by atoms with Crippen LogP contribution in [0.25, 0.3) is 0 Å². The molecule has 0 aliphatic carbocycles. The van der Waals surface area contributed by atoms with Crippen molar-refractivity contribution in [3.8, 4) is 0 Å². The normalized spacial score (nSPS) is 11.5. The molecule has 2 amide bonds. The third kappa shape index (κ3) is 14.4. The minimum atomic E-state index is -0.771. The van der Waals surface area contributed by atoms with Gasteiger partial charge in [-0.15, -0.1) is 0 Å². The smallest absolute Gasteiger partial charge is 0.303 e. The number of carboxylic acid groups (broad SMARTS) is 1. The highest BCUT2D eigenvalue weighted by atomic mass is 33.1. The quantitative estimate of drug-likeness (QED) is 0.260. The summed E-state index contributed by atoms with van der Waals surface area (Å²) in [7, 11) is 3.34. The van der Waals surface area contributed by atoms with Crippen LogP contribution in [-0.2, 0) is 14.4 Å². The molecule has 0 rings (SSSR count). The van der Waals surface area contributed by atoms with Crippen molar-refractivity contribution in [2.45, 2.75) is 51.2 Å². The standard InChI is InChI=1S/C16H28N2O4S2/c1-4-6-13(19)17-10-11-18-14(20)7-5-12-23-24-16(2,3)9-8-15(21)22/h4,6H,5,7-12H2,1-3H3,(H,17,19)(H,18,20)(H,21,22)/b6-4-. The van der Waals surface area contributed by atoms with Gasteiger partial charge >= 0.3 is 5.97 Å². The molecule has 0 bridgehead atoms. The van der Waals surface area contributed by atoms with Crippen molar-refractivity contribution < 1.29 is 19.5 Å². The molecule has 0 unspecified atom stereocenters. The van der Waals surface area contributed by atoms with Gasteiger partial charge in [0.1, 0.15) is 0 Å². The minimum absolute atomic E-state index is 0.0222. The number of aliphatic carboxylic acids is 1. The number of carboxylic acids is 1. The first-order valence-electron chi connectivity index (χ1n) is 7.96. The lowest BCUT2D eigenvalue weighted by atomic mass is 10.1. The number of rotatable bonds is 13. The maximum absolute atomic E-state index is 11.6. The molecule has 138 valence electrons. The number of hydrogen-bond acceptors (Lipinski definition) is 5. The monoisotopic (exact) mass is 376 g/mol. The molecular formula is C16H28N2O4S2. The van der Waals surface area contributed by atoms with E-state index in [0.29, 0.717) is 25.9 Å². The molecule has 0 aromatic carbocycles. The zero-order chi connectivity index (χ0) is 18.4. The van der Waals surface area contributed by atoms with Crippen LogP contribution in [0.4, 0.5) is 0 Å². The summed E-state index contributed by atoms with van der Waals surface area (Å²) in [6, 6.07) is 0. The van der Waals surface area contributed by atoms with Crippen molar-refractivity contribution in [3.63, 3.8) is 0 Å². The van der Waals surface area contributed by atoms with Crippen molar-refractivity contribution in [3.05, 3.63) is 12.2 Å². The van der Waals surface area contributed by atoms with Gasteiger partial charge in [-0.25, -0.2) is 0 Å². The summed E-state index contributed by atoms with van der Waals surface area (Å²) < 4.78 is -0.0868. The van der Waals surface area contributed by atoms with Crippen LogP contribution in [0.1, 0.15) is 46.5 Å². The van der Waals surface area contributed by atoms with Gasteiger partial charge in [0.2, 0.25) is 11.8 Å². The zero-order valence-corrected chi connectivity index (χ0v) is 16.2. The summed E-state index contributed by atoms with van der Waals surface area (Å²) in [6.07, 6.45) is 5.11. The van der Waals surface area contributed by atoms with E-state index in [1.807, 2.05) is 13.8 Å². The Morgan fingerprint density at radius 3 is 2.42 bits per heavy atom. The SMILES string of the molecule is C/C=C\C(=O)NCCNC(=O)CCCSSC(C)(C)CCC(=O)O. The lowest BCUT2D eigenvalue weighted by Crippen LogP contribution is -2.33. The van der Waals surface area contributed by atoms with Gasteiger partial charge in [0, 0.05) is 36.4 Å². The average molecular weight is 377 g/mol. The first kappa shape index (κ1) is 22.9. The molecule has 0 aromatic rings. The molecule has 0 aliphatic rings. The Bertz CT molecular complexity index is 440. The molecule has 0 aliphatic heterocycles. The topological polar surface area (TPSA) is 95.5 Å². The number of hydrogen-bond donors (Lipinski definition) is 3. The van der Waals surface area contributed by atoms with Crippen LogP contribution in [0.5, 0.6) is 0 Å². The molecule has 0 heterocycles. The van der Waals surface area contributed by atoms with Gasteiger partial charge in [-0.2, -0.15) is 0 Å². The number of amides is 2. The number of carbonyl (C=O) groups excluding carboxylic acids is 2. The average Bonchev–Trinajstić information content (AvgIpc) is 2.49. The summed E-state index contributed by atoms with van der Waals surface area (Å²) >= 11 is 0. The van der Waals surface area contributed by atoms with Crippen LogP contribution in [0.3, 0.4) is 0 Å². The lowest BCUT2D eigenvalue weighted by molar-refractivity contribution is -0.137. The highest BCUT2D eigenvalue weighted by molar-refractivity contribution is 8.77. The summed E-state index contributed by atoms with van der Waals surface area (Å²) in [5, 5.41) is 14.1. The van der Waals surface area contributed by atoms with Crippen LogP contribution in [-0.4, -0.2) is 46.5 Å². The molecule has 8 heteroatoms. The Kier molecular flexibility index (Phi) is 12.5. The van der Waals surface area contributed by atoms with E-state index in [4.69, 9.17) is 5.11 Å². The summed E-state index contributed by atoms with van der Waals surface area (Å²) in [5.74, 6) is -0.115. The number of allylic oxidation sites excluding steroid dienone is 1. The van der Waals surface area contributed by atoms with Crippen LogP contribution in [0, 0.1) is 0 Å². The molecule has 0 saturated heterocycles. The van der Waals surface area contributed by atoms with E-state index >= 15 is 0 Å². The fraction of sp³-hybridized carbons (Fsp3) is 0.688. The van der Waals surface area contributed by atoms with Crippen LogP contribution in [0.15, 0.2) is 12.2 Å². The third-order valence-corrected chi connectivity index (χ3v) is 6.36. The highest BCUT2D eigenvalue weighted by Crippen LogP contribution is 2.39. The number of carbonyl (C=O) groups is 3. The minimum Gasteiger partial charge on any atom is -0.481 e. The highest BCUT2D eigenvalue weighted by Gasteiger charge is 2.20. The first-order valence-corrected chi connectivity index (χ1v) is 10.3. The Morgan fingerprint density at radius 1 is 1.12 bits per heavy atom. The summed E-state index contributed by atoms with van der Waals surface area (Å²) in [4.78, 5) is 33.4. The molecule has 0 radical (unpaired) electrons. The molecule has 6 nitrogen and oxygen atoms in total. The zero-order valence-electron chi connectivity index (χ0n) is 14.6. The molecule has 0 fully saturated rings. The maximum Gasteiger partial charge on any atom is 0.303 e. The fourth-order valence-corrected chi connectivity index (χ4v) is 4.29. The van der Waals surface area contributed by atoms with Crippen molar-refractivity contribution in [2.24, 2.45) is 0 Å². The summed E-state index contributed by atoms with van der Waals surface area (Å²) in [5.41, 5.74) is 0. The van der Waals surface area contributed by atoms with Gasteiger partial charge in [0.15, 0.2) is 0 Å². The van der Waals surface area contributed by atoms with E-state index in [9.17, 15) is 14.4 Å². The van der Waals surface area contributed by atoms with Gasteiger partial charge in [0.05, 0.1) is 0 Å².